The number of rotatable bonds is 4. The van der Waals surface area contributed by atoms with Gasteiger partial charge in [-0.3, -0.25) is 9.69 Å². The molecule has 7 heteroatoms. The molecule has 0 unspecified atom stereocenters. The molecule has 0 spiro atoms. The van der Waals surface area contributed by atoms with E-state index in [1.54, 1.807) is 6.08 Å². The summed E-state index contributed by atoms with van der Waals surface area (Å²) in [5, 5.41) is 10.6. The van der Waals surface area contributed by atoms with Crippen LogP contribution in [0, 0.1) is 0 Å². The van der Waals surface area contributed by atoms with Crippen molar-refractivity contribution in [3.05, 3.63) is 52.6 Å². The molecule has 0 atom stereocenters. The van der Waals surface area contributed by atoms with Gasteiger partial charge in [-0.05, 0) is 23.8 Å². The molecular weight excluding hydrogens is 368 g/mol. The van der Waals surface area contributed by atoms with Crippen molar-refractivity contribution in [1.29, 1.82) is 0 Å². The molecule has 5 nitrogen and oxygen atoms in total. The zero-order valence-electron chi connectivity index (χ0n) is 14.8. The van der Waals surface area contributed by atoms with Crippen molar-refractivity contribution in [2.45, 2.75) is 25.7 Å². The molecule has 26 heavy (non-hydrogen) atoms. The highest BCUT2D eigenvalue weighted by molar-refractivity contribution is 8.26. The number of aliphatic carboxylic acids is 1. The largest absolute Gasteiger partial charge is 0.550 e. The number of hydrogen-bond donors (Lipinski definition) is 0. The number of allylic oxidation sites excluding steroid dienone is 3. The number of carbonyl (C=O) groups is 2. The number of benzene rings is 1. The van der Waals surface area contributed by atoms with Gasteiger partial charge in [-0.2, -0.15) is 0 Å². The standard InChI is InChI=1S/C19H20N2O3S2/c1-19(2)12-6-4-5-7-13(12)20(3)15(19)9-8-14-17(24)21(18(25)26-14)11-10-16(22)23/h4-9H,10-11H2,1-3H3,(H,22,23)/p-1/b14-8-,15-9-. The average Bonchev–Trinajstić information content (AvgIpc) is 2.96. The Morgan fingerprint density at radius 2 is 2.00 bits per heavy atom. The molecule has 0 radical (unpaired) electrons. The van der Waals surface area contributed by atoms with E-state index in [2.05, 4.69) is 30.9 Å². The lowest BCUT2D eigenvalue weighted by molar-refractivity contribution is -0.305. The molecule has 1 aromatic carbocycles. The molecule has 0 N–H and O–H groups in total. The fraction of sp³-hybridized carbons (Fsp3) is 0.316. The van der Waals surface area contributed by atoms with E-state index in [9.17, 15) is 14.7 Å². The number of para-hydroxylation sites is 1. The summed E-state index contributed by atoms with van der Waals surface area (Å²) in [4.78, 5) is 27.1. The van der Waals surface area contributed by atoms with Crippen LogP contribution in [0.25, 0.3) is 0 Å². The van der Waals surface area contributed by atoms with Gasteiger partial charge in [0.15, 0.2) is 0 Å². The summed E-state index contributed by atoms with van der Waals surface area (Å²) < 4.78 is 0.378. The molecule has 0 saturated carbocycles. The van der Waals surface area contributed by atoms with Crippen molar-refractivity contribution >= 4 is 45.9 Å². The number of carboxylic acids is 1. The number of carbonyl (C=O) groups excluding carboxylic acids is 2. The molecule has 0 aliphatic carbocycles. The van der Waals surface area contributed by atoms with Gasteiger partial charge in [0.05, 0.1) is 4.91 Å². The number of fused-ring (bicyclic) bond motifs is 1. The van der Waals surface area contributed by atoms with E-state index in [4.69, 9.17) is 12.2 Å². The summed E-state index contributed by atoms with van der Waals surface area (Å²) in [7, 11) is 2.01. The van der Waals surface area contributed by atoms with Gasteiger partial charge < -0.3 is 14.8 Å². The Morgan fingerprint density at radius 1 is 1.31 bits per heavy atom. The Bertz CT molecular complexity index is 858. The predicted octanol–water partition coefficient (Wildman–Crippen LogP) is 2.18. The minimum absolute atomic E-state index is 0.0394. The quantitative estimate of drug-likeness (QED) is 0.583. The lowest BCUT2D eigenvalue weighted by Gasteiger charge is -2.23. The summed E-state index contributed by atoms with van der Waals surface area (Å²) >= 11 is 6.40. The van der Waals surface area contributed by atoms with Gasteiger partial charge in [-0.25, -0.2) is 0 Å². The molecule has 0 bridgehead atoms. The predicted molar refractivity (Wildman–Crippen MR) is 106 cm³/mol. The molecule has 3 rings (SSSR count). The van der Waals surface area contributed by atoms with Crippen LogP contribution < -0.4 is 10.0 Å². The SMILES string of the molecule is CN1/C(=C\C=C2/SC(=S)N(CCC(=O)[O-])C2=O)C(C)(C)c2ccccc21. The number of likely N-dealkylation sites (N-methyl/N-ethyl adjacent to an activating group) is 1. The van der Waals surface area contributed by atoms with Crippen molar-refractivity contribution in [3.63, 3.8) is 0 Å². The molecule has 2 aliphatic rings. The summed E-state index contributed by atoms with van der Waals surface area (Å²) in [5.41, 5.74) is 3.30. The summed E-state index contributed by atoms with van der Waals surface area (Å²) in [6, 6.07) is 8.24. The van der Waals surface area contributed by atoms with E-state index in [0.29, 0.717) is 9.23 Å². The van der Waals surface area contributed by atoms with Gasteiger partial charge in [0.25, 0.3) is 5.91 Å². The van der Waals surface area contributed by atoms with E-state index in [1.165, 1.54) is 22.2 Å². The average molecular weight is 388 g/mol. The topological polar surface area (TPSA) is 63.7 Å². The zero-order chi connectivity index (χ0) is 19.1. The van der Waals surface area contributed by atoms with E-state index in [-0.39, 0.29) is 24.3 Å². The highest BCUT2D eigenvalue weighted by Crippen LogP contribution is 2.46. The fourth-order valence-corrected chi connectivity index (χ4v) is 4.62. The van der Waals surface area contributed by atoms with Gasteiger partial charge in [0.2, 0.25) is 0 Å². The van der Waals surface area contributed by atoms with Crippen LogP contribution in [0.4, 0.5) is 5.69 Å². The van der Waals surface area contributed by atoms with Crippen molar-refractivity contribution in [2.24, 2.45) is 0 Å². The van der Waals surface area contributed by atoms with Crippen LogP contribution >= 0.6 is 24.0 Å². The van der Waals surface area contributed by atoms with Gasteiger partial charge in [0, 0.05) is 42.8 Å². The number of thiocarbonyl (C=S) groups is 1. The first-order chi connectivity index (χ1) is 12.2. The van der Waals surface area contributed by atoms with Crippen LogP contribution in [-0.4, -0.2) is 34.7 Å². The van der Waals surface area contributed by atoms with Crippen LogP contribution in [0.5, 0.6) is 0 Å². The normalized spacial score (nSPS) is 21.8. The summed E-state index contributed by atoms with van der Waals surface area (Å²) in [6.07, 6.45) is 3.49. The molecule has 1 saturated heterocycles. The Balaban J connectivity index is 1.87. The number of anilines is 1. The highest BCUT2D eigenvalue weighted by atomic mass is 32.2. The molecule has 1 aromatic rings. The van der Waals surface area contributed by atoms with Gasteiger partial charge in [-0.1, -0.05) is 56.0 Å². The Morgan fingerprint density at radius 3 is 2.65 bits per heavy atom. The minimum atomic E-state index is -1.20. The molecule has 1 fully saturated rings. The summed E-state index contributed by atoms with van der Waals surface area (Å²) in [5.74, 6) is -1.45. The van der Waals surface area contributed by atoms with Crippen molar-refractivity contribution in [2.75, 3.05) is 18.5 Å². The van der Waals surface area contributed by atoms with Crippen molar-refractivity contribution in [1.82, 2.24) is 4.90 Å². The zero-order valence-corrected chi connectivity index (χ0v) is 16.4. The number of carboxylic acid groups (broad SMARTS) is 1. The lowest BCUT2D eigenvalue weighted by Crippen LogP contribution is -2.33. The van der Waals surface area contributed by atoms with Crippen LogP contribution in [0.3, 0.4) is 0 Å². The lowest BCUT2D eigenvalue weighted by atomic mass is 9.84. The van der Waals surface area contributed by atoms with Gasteiger partial charge in [0.1, 0.15) is 4.32 Å². The van der Waals surface area contributed by atoms with E-state index < -0.39 is 5.97 Å². The maximum atomic E-state index is 12.5. The number of thioether (sulfide) groups is 1. The first kappa shape index (κ1) is 18.7. The Labute approximate surface area is 162 Å². The van der Waals surface area contributed by atoms with E-state index >= 15 is 0 Å². The van der Waals surface area contributed by atoms with Gasteiger partial charge >= 0.3 is 0 Å². The van der Waals surface area contributed by atoms with Crippen LogP contribution in [-0.2, 0) is 15.0 Å². The van der Waals surface area contributed by atoms with E-state index in [0.717, 1.165) is 11.4 Å². The first-order valence-corrected chi connectivity index (χ1v) is 9.45. The Kier molecular flexibility index (Phi) is 4.94. The van der Waals surface area contributed by atoms with Crippen LogP contribution in [0.1, 0.15) is 25.8 Å². The third-order valence-electron chi connectivity index (χ3n) is 4.75. The molecular formula is C19H19N2O3S2-. The maximum Gasteiger partial charge on any atom is 0.266 e. The second-order valence-corrected chi connectivity index (χ2v) is 8.41. The number of nitrogens with zero attached hydrogens (tertiary/aromatic N) is 2. The Hall–Kier alpha value is -2.12. The van der Waals surface area contributed by atoms with E-state index in [1.807, 2.05) is 25.3 Å². The molecule has 0 aromatic heterocycles. The molecule has 2 heterocycles. The van der Waals surface area contributed by atoms with Crippen LogP contribution in [0.15, 0.2) is 47.0 Å². The third-order valence-corrected chi connectivity index (χ3v) is 6.14. The molecule has 2 aliphatic heterocycles. The number of hydrogen-bond acceptors (Lipinski definition) is 6. The third kappa shape index (κ3) is 3.17. The fourth-order valence-electron chi connectivity index (χ4n) is 3.37. The highest BCUT2D eigenvalue weighted by Gasteiger charge is 2.38. The second kappa shape index (κ2) is 6.89. The second-order valence-electron chi connectivity index (χ2n) is 6.73. The maximum absolute atomic E-state index is 12.5. The summed E-state index contributed by atoms with van der Waals surface area (Å²) in [6.45, 7) is 4.35. The van der Waals surface area contributed by atoms with Gasteiger partial charge in [-0.15, -0.1) is 0 Å². The molecule has 136 valence electrons. The van der Waals surface area contributed by atoms with Crippen molar-refractivity contribution in [3.8, 4) is 0 Å². The first-order valence-electron chi connectivity index (χ1n) is 8.22. The van der Waals surface area contributed by atoms with Crippen LogP contribution in [0.2, 0.25) is 0 Å². The smallest absolute Gasteiger partial charge is 0.266 e. The molecule has 1 amide bonds. The monoisotopic (exact) mass is 387 g/mol. The van der Waals surface area contributed by atoms with Crippen molar-refractivity contribution < 1.29 is 14.7 Å². The number of amides is 1. The minimum Gasteiger partial charge on any atom is -0.550 e.